The number of benzene rings is 2. The van der Waals surface area contributed by atoms with Gasteiger partial charge in [-0.05, 0) is 41.3 Å². The molecule has 0 aliphatic rings. The molecule has 2 aromatic carbocycles. The Bertz CT molecular complexity index is 982. The Morgan fingerprint density at radius 3 is 2.37 bits per heavy atom. The van der Waals surface area contributed by atoms with Crippen molar-refractivity contribution in [1.82, 2.24) is 19.8 Å². The van der Waals surface area contributed by atoms with Crippen LogP contribution in [0.5, 0.6) is 5.75 Å². The fourth-order valence-electron chi connectivity index (χ4n) is 2.75. The molecule has 30 heavy (non-hydrogen) atoms. The van der Waals surface area contributed by atoms with Gasteiger partial charge in [0, 0.05) is 25.4 Å². The molecule has 158 valence electrons. The van der Waals surface area contributed by atoms with Crippen LogP contribution in [0.15, 0.2) is 53.7 Å². The molecule has 0 spiro atoms. The average molecular weight is 426 g/mol. The zero-order valence-electron chi connectivity index (χ0n) is 17.7. The fourth-order valence-corrected chi connectivity index (χ4v) is 3.58. The minimum absolute atomic E-state index is 0.0145. The molecule has 8 heteroatoms. The van der Waals surface area contributed by atoms with E-state index in [4.69, 9.17) is 10.6 Å². The second-order valence-electron chi connectivity index (χ2n) is 7.47. The SMILES string of the molecule is CC(C)c1ccc(OCc2nnc(SCc3ccc(C(=O)N(C)C)cc3)n2N)cc1. The third kappa shape index (κ3) is 5.33. The Morgan fingerprint density at radius 1 is 1.10 bits per heavy atom. The van der Waals surface area contributed by atoms with Crippen LogP contribution in [0, 0.1) is 0 Å². The first-order valence-electron chi connectivity index (χ1n) is 9.70. The molecule has 7 nitrogen and oxygen atoms in total. The van der Waals surface area contributed by atoms with E-state index in [1.54, 1.807) is 19.0 Å². The van der Waals surface area contributed by atoms with Crippen LogP contribution in [0.1, 0.15) is 47.1 Å². The van der Waals surface area contributed by atoms with E-state index in [0.717, 1.165) is 11.3 Å². The van der Waals surface area contributed by atoms with E-state index >= 15 is 0 Å². The van der Waals surface area contributed by atoms with E-state index in [1.165, 1.54) is 22.0 Å². The standard InChI is InChI=1S/C22H27N5O2S/c1-15(2)17-9-11-19(12-10-17)29-13-20-24-25-22(27(20)23)30-14-16-5-7-18(8-6-16)21(28)26(3)4/h5-12,15H,13-14,23H2,1-4H3. The maximum Gasteiger partial charge on any atom is 0.253 e. The van der Waals surface area contributed by atoms with Crippen molar-refractivity contribution < 1.29 is 9.53 Å². The zero-order chi connectivity index (χ0) is 21.7. The van der Waals surface area contributed by atoms with Gasteiger partial charge in [0.2, 0.25) is 5.16 Å². The van der Waals surface area contributed by atoms with Crippen molar-refractivity contribution in [3.05, 3.63) is 71.0 Å². The molecule has 1 heterocycles. The van der Waals surface area contributed by atoms with Gasteiger partial charge >= 0.3 is 0 Å². The number of rotatable bonds is 8. The van der Waals surface area contributed by atoms with Crippen LogP contribution >= 0.6 is 11.8 Å². The number of aromatic nitrogens is 3. The normalized spacial score (nSPS) is 11.0. The Kier molecular flexibility index (Phi) is 6.99. The molecule has 0 aliphatic carbocycles. The van der Waals surface area contributed by atoms with Crippen LogP contribution in [0.25, 0.3) is 0 Å². The van der Waals surface area contributed by atoms with Gasteiger partial charge in [-0.2, -0.15) is 0 Å². The molecule has 3 rings (SSSR count). The molecule has 3 aromatic rings. The number of hydrogen-bond donors (Lipinski definition) is 1. The number of nitrogens with two attached hydrogens (primary N) is 1. The molecular formula is C22H27N5O2S. The molecule has 1 amide bonds. The van der Waals surface area contributed by atoms with Crippen LogP contribution in [0.2, 0.25) is 0 Å². The van der Waals surface area contributed by atoms with Crippen LogP contribution in [0.3, 0.4) is 0 Å². The van der Waals surface area contributed by atoms with Gasteiger partial charge in [-0.3, -0.25) is 4.79 Å². The number of amides is 1. The predicted molar refractivity (Wildman–Crippen MR) is 119 cm³/mol. The van der Waals surface area contributed by atoms with Crippen LogP contribution in [-0.4, -0.2) is 39.8 Å². The van der Waals surface area contributed by atoms with Crippen LogP contribution in [-0.2, 0) is 12.4 Å². The first-order chi connectivity index (χ1) is 14.3. The van der Waals surface area contributed by atoms with Crippen molar-refractivity contribution in [2.24, 2.45) is 0 Å². The fraction of sp³-hybridized carbons (Fsp3) is 0.318. The van der Waals surface area contributed by atoms with Gasteiger partial charge < -0.3 is 15.5 Å². The largest absolute Gasteiger partial charge is 0.486 e. The molecule has 0 saturated heterocycles. The Balaban J connectivity index is 1.55. The summed E-state index contributed by atoms with van der Waals surface area (Å²) >= 11 is 1.48. The molecule has 0 bridgehead atoms. The van der Waals surface area contributed by atoms with Gasteiger partial charge in [-0.25, -0.2) is 4.68 Å². The van der Waals surface area contributed by atoms with E-state index in [2.05, 4.69) is 36.2 Å². The van der Waals surface area contributed by atoms with Crippen molar-refractivity contribution in [3.8, 4) is 5.75 Å². The van der Waals surface area contributed by atoms with Gasteiger partial charge in [-0.1, -0.05) is 49.9 Å². The quantitative estimate of drug-likeness (QED) is 0.438. The Hall–Kier alpha value is -3.00. The van der Waals surface area contributed by atoms with Gasteiger partial charge in [-0.15, -0.1) is 10.2 Å². The minimum Gasteiger partial charge on any atom is -0.486 e. The van der Waals surface area contributed by atoms with Crippen LogP contribution in [0.4, 0.5) is 0 Å². The first kappa shape index (κ1) is 21.7. The molecule has 2 N–H and O–H groups in total. The molecule has 1 aromatic heterocycles. The third-order valence-electron chi connectivity index (χ3n) is 4.62. The Labute approximate surface area is 181 Å². The summed E-state index contributed by atoms with van der Waals surface area (Å²) in [6, 6.07) is 15.6. The first-order valence-corrected chi connectivity index (χ1v) is 10.7. The highest BCUT2D eigenvalue weighted by molar-refractivity contribution is 7.98. The van der Waals surface area contributed by atoms with Crippen molar-refractivity contribution >= 4 is 17.7 Å². The van der Waals surface area contributed by atoms with Crippen molar-refractivity contribution in [1.29, 1.82) is 0 Å². The molecule has 0 saturated carbocycles. The zero-order valence-corrected chi connectivity index (χ0v) is 18.5. The number of ether oxygens (including phenoxy) is 1. The van der Waals surface area contributed by atoms with Gasteiger partial charge in [0.25, 0.3) is 5.91 Å². The second kappa shape index (κ2) is 9.67. The van der Waals surface area contributed by atoms with E-state index in [-0.39, 0.29) is 12.5 Å². The number of nitrogens with zero attached hydrogens (tertiary/aromatic N) is 4. The lowest BCUT2D eigenvalue weighted by Gasteiger charge is -2.10. The lowest BCUT2D eigenvalue weighted by atomic mass is 10.0. The maximum atomic E-state index is 12.0. The van der Waals surface area contributed by atoms with Gasteiger partial charge in [0.05, 0.1) is 0 Å². The number of nitrogen functional groups attached to an aromatic ring is 1. The number of carbonyl (C=O) groups excluding carboxylic acids is 1. The molecule has 0 radical (unpaired) electrons. The topological polar surface area (TPSA) is 86.3 Å². The average Bonchev–Trinajstić information content (AvgIpc) is 3.10. The summed E-state index contributed by atoms with van der Waals surface area (Å²) in [5.41, 5.74) is 3.00. The molecule has 0 fully saturated rings. The maximum absolute atomic E-state index is 12.0. The summed E-state index contributed by atoms with van der Waals surface area (Å²) in [6.45, 7) is 4.56. The summed E-state index contributed by atoms with van der Waals surface area (Å²) in [5, 5.41) is 8.91. The van der Waals surface area contributed by atoms with Crippen molar-refractivity contribution in [2.45, 2.75) is 37.3 Å². The molecule has 0 unspecified atom stereocenters. The number of thioether (sulfide) groups is 1. The highest BCUT2D eigenvalue weighted by Crippen LogP contribution is 2.22. The third-order valence-corrected chi connectivity index (χ3v) is 5.64. The molecule has 0 aliphatic heterocycles. The van der Waals surface area contributed by atoms with Gasteiger partial charge in [0.15, 0.2) is 5.82 Å². The Morgan fingerprint density at radius 2 is 1.77 bits per heavy atom. The van der Waals surface area contributed by atoms with E-state index < -0.39 is 0 Å². The smallest absolute Gasteiger partial charge is 0.253 e. The number of carbonyl (C=O) groups is 1. The second-order valence-corrected chi connectivity index (χ2v) is 8.41. The summed E-state index contributed by atoms with van der Waals surface area (Å²) in [6.07, 6.45) is 0. The molecular weight excluding hydrogens is 398 g/mol. The predicted octanol–water partition coefficient (Wildman–Crippen LogP) is 3.69. The summed E-state index contributed by atoms with van der Waals surface area (Å²) in [5.74, 6) is 8.59. The summed E-state index contributed by atoms with van der Waals surface area (Å²) < 4.78 is 7.25. The summed E-state index contributed by atoms with van der Waals surface area (Å²) in [7, 11) is 3.48. The lowest BCUT2D eigenvalue weighted by Crippen LogP contribution is -2.21. The number of hydrogen-bond acceptors (Lipinski definition) is 6. The van der Waals surface area contributed by atoms with E-state index in [1.807, 2.05) is 36.4 Å². The van der Waals surface area contributed by atoms with Crippen molar-refractivity contribution in [3.63, 3.8) is 0 Å². The monoisotopic (exact) mass is 425 g/mol. The van der Waals surface area contributed by atoms with E-state index in [9.17, 15) is 4.79 Å². The van der Waals surface area contributed by atoms with Crippen molar-refractivity contribution in [2.75, 3.05) is 19.9 Å². The summed E-state index contributed by atoms with van der Waals surface area (Å²) in [4.78, 5) is 13.5. The highest BCUT2D eigenvalue weighted by atomic mass is 32.2. The van der Waals surface area contributed by atoms with Crippen LogP contribution < -0.4 is 10.6 Å². The van der Waals surface area contributed by atoms with Gasteiger partial charge in [0.1, 0.15) is 12.4 Å². The lowest BCUT2D eigenvalue weighted by molar-refractivity contribution is 0.0827. The highest BCUT2D eigenvalue weighted by Gasteiger charge is 2.12. The minimum atomic E-state index is -0.0145. The molecule has 0 atom stereocenters. The van der Waals surface area contributed by atoms with E-state index in [0.29, 0.717) is 28.2 Å².